The SMILES string of the molecule is COc1ccc(NC(C)=O)cc1NCc1cc(Br)c(Br)s1. The number of thiophene rings is 1. The number of nitrogens with one attached hydrogen (secondary N) is 2. The molecular weight excluding hydrogens is 420 g/mol. The summed E-state index contributed by atoms with van der Waals surface area (Å²) in [5.41, 5.74) is 1.57. The van der Waals surface area contributed by atoms with Gasteiger partial charge in [-0.1, -0.05) is 0 Å². The molecule has 0 aliphatic rings. The van der Waals surface area contributed by atoms with Crippen molar-refractivity contribution in [1.29, 1.82) is 0 Å². The van der Waals surface area contributed by atoms with Gasteiger partial charge in [0.1, 0.15) is 5.75 Å². The summed E-state index contributed by atoms with van der Waals surface area (Å²) in [5.74, 6) is 0.635. The van der Waals surface area contributed by atoms with Crippen LogP contribution >= 0.6 is 43.2 Å². The molecule has 0 aliphatic carbocycles. The Hall–Kier alpha value is -1.05. The Kier molecular flexibility index (Phi) is 5.66. The van der Waals surface area contributed by atoms with Crippen molar-refractivity contribution in [2.45, 2.75) is 13.5 Å². The second kappa shape index (κ2) is 7.29. The topological polar surface area (TPSA) is 50.4 Å². The van der Waals surface area contributed by atoms with E-state index in [1.165, 1.54) is 11.8 Å². The van der Waals surface area contributed by atoms with Gasteiger partial charge in [-0.15, -0.1) is 11.3 Å². The number of carbonyl (C=O) groups excluding carboxylic acids is 1. The van der Waals surface area contributed by atoms with E-state index < -0.39 is 0 Å². The molecule has 7 heteroatoms. The molecule has 112 valence electrons. The van der Waals surface area contributed by atoms with Gasteiger partial charge in [0.25, 0.3) is 0 Å². The Labute approximate surface area is 144 Å². The van der Waals surface area contributed by atoms with Crippen LogP contribution in [-0.4, -0.2) is 13.0 Å². The molecule has 0 fully saturated rings. The van der Waals surface area contributed by atoms with Crippen molar-refractivity contribution < 1.29 is 9.53 Å². The maximum atomic E-state index is 11.1. The van der Waals surface area contributed by atoms with Gasteiger partial charge in [0.2, 0.25) is 5.91 Å². The van der Waals surface area contributed by atoms with Crippen molar-refractivity contribution in [2.24, 2.45) is 0 Å². The van der Waals surface area contributed by atoms with Crippen molar-refractivity contribution >= 4 is 60.5 Å². The van der Waals surface area contributed by atoms with Crippen LogP contribution in [0.5, 0.6) is 5.75 Å². The van der Waals surface area contributed by atoms with Gasteiger partial charge in [0.15, 0.2) is 0 Å². The molecule has 0 atom stereocenters. The third-order valence-electron chi connectivity index (χ3n) is 2.67. The molecule has 0 bridgehead atoms. The molecule has 0 saturated heterocycles. The van der Waals surface area contributed by atoms with E-state index in [0.717, 1.165) is 25.4 Å². The van der Waals surface area contributed by atoms with Crippen LogP contribution in [0.3, 0.4) is 0 Å². The number of rotatable bonds is 5. The van der Waals surface area contributed by atoms with E-state index in [2.05, 4.69) is 48.6 Å². The Morgan fingerprint density at radius 1 is 1.33 bits per heavy atom. The number of anilines is 2. The normalized spacial score (nSPS) is 10.3. The maximum Gasteiger partial charge on any atom is 0.221 e. The molecule has 0 spiro atoms. The first-order chi connectivity index (χ1) is 9.99. The van der Waals surface area contributed by atoms with Crippen molar-refractivity contribution in [2.75, 3.05) is 17.7 Å². The van der Waals surface area contributed by atoms with E-state index in [9.17, 15) is 4.79 Å². The largest absolute Gasteiger partial charge is 0.495 e. The standard InChI is InChI=1S/C14H14Br2N2O2S/c1-8(19)18-9-3-4-13(20-2)12(5-9)17-7-10-6-11(15)14(16)21-10/h3-6,17H,7H2,1-2H3,(H,18,19). The summed E-state index contributed by atoms with van der Waals surface area (Å²) in [6, 6.07) is 7.56. The van der Waals surface area contributed by atoms with Crippen molar-refractivity contribution in [3.63, 3.8) is 0 Å². The number of benzene rings is 1. The van der Waals surface area contributed by atoms with Gasteiger partial charge in [-0.05, 0) is 56.1 Å². The fourth-order valence-electron chi connectivity index (χ4n) is 1.79. The summed E-state index contributed by atoms with van der Waals surface area (Å²) >= 11 is 8.61. The summed E-state index contributed by atoms with van der Waals surface area (Å²) in [5, 5.41) is 6.09. The smallest absolute Gasteiger partial charge is 0.221 e. The molecule has 21 heavy (non-hydrogen) atoms. The molecule has 2 N–H and O–H groups in total. The van der Waals surface area contributed by atoms with Crippen molar-refractivity contribution in [3.8, 4) is 5.75 Å². The van der Waals surface area contributed by atoms with Crippen LogP contribution in [0.1, 0.15) is 11.8 Å². The van der Waals surface area contributed by atoms with E-state index in [1.54, 1.807) is 18.4 Å². The molecule has 1 aromatic carbocycles. The summed E-state index contributed by atoms with van der Waals surface area (Å²) in [7, 11) is 1.62. The highest BCUT2D eigenvalue weighted by atomic mass is 79.9. The van der Waals surface area contributed by atoms with Gasteiger partial charge < -0.3 is 15.4 Å². The summed E-state index contributed by atoms with van der Waals surface area (Å²) < 4.78 is 7.44. The summed E-state index contributed by atoms with van der Waals surface area (Å²) in [6.07, 6.45) is 0. The van der Waals surface area contributed by atoms with E-state index in [1.807, 2.05) is 18.2 Å². The first kappa shape index (κ1) is 16.3. The van der Waals surface area contributed by atoms with E-state index in [-0.39, 0.29) is 5.91 Å². The maximum absolute atomic E-state index is 11.1. The van der Waals surface area contributed by atoms with Crippen molar-refractivity contribution in [3.05, 3.63) is 37.4 Å². The minimum Gasteiger partial charge on any atom is -0.495 e. The quantitative estimate of drug-likeness (QED) is 0.708. The number of amides is 1. The summed E-state index contributed by atoms with van der Waals surface area (Å²) in [4.78, 5) is 12.3. The zero-order chi connectivity index (χ0) is 15.4. The number of hydrogen-bond acceptors (Lipinski definition) is 4. The number of ether oxygens (including phenoxy) is 1. The Morgan fingerprint density at radius 3 is 2.67 bits per heavy atom. The second-order valence-corrected chi connectivity index (χ2v) is 7.59. The first-order valence-electron chi connectivity index (χ1n) is 6.13. The highest BCUT2D eigenvalue weighted by Gasteiger charge is 2.08. The Morgan fingerprint density at radius 2 is 2.10 bits per heavy atom. The van der Waals surface area contributed by atoms with Gasteiger partial charge in [-0.3, -0.25) is 4.79 Å². The molecule has 4 nitrogen and oxygen atoms in total. The predicted octanol–water partition coefficient (Wildman–Crippen LogP) is 4.85. The monoisotopic (exact) mass is 432 g/mol. The van der Waals surface area contributed by atoms with Gasteiger partial charge >= 0.3 is 0 Å². The lowest BCUT2D eigenvalue weighted by molar-refractivity contribution is -0.114. The minimum absolute atomic E-state index is 0.0998. The molecule has 0 aliphatic heterocycles. The number of hydrogen-bond donors (Lipinski definition) is 2. The highest BCUT2D eigenvalue weighted by molar-refractivity contribution is 9.13. The van der Waals surface area contributed by atoms with E-state index >= 15 is 0 Å². The third kappa shape index (κ3) is 4.46. The summed E-state index contributed by atoms with van der Waals surface area (Å²) in [6.45, 7) is 2.16. The molecule has 1 amide bonds. The molecule has 1 heterocycles. The molecular formula is C14H14Br2N2O2S. The first-order valence-corrected chi connectivity index (χ1v) is 8.53. The van der Waals surface area contributed by atoms with Crippen LogP contribution in [0.25, 0.3) is 0 Å². The van der Waals surface area contributed by atoms with Crippen molar-refractivity contribution in [1.82, 2.24) is 0 Å². The Bertz CT molecular complexity index is 639. The molecule has 0 unspecified atom stereocenters. The molecule has 2 rings (SSSR count). The zero-order valence-corrected chi connectivity index (χ0v) is 15.5. The van der Waals surface area contributed by atoms with Gasteiger partial charge in [0.05, 0.1) is 16.6 Å². The van der Waals surface area contributed by atoms with Crippen LogP contribution in [-0.2, 0) is 11.3 Å². The van der Waals surface area contributed by atoms with Crippen LogP contribution in [0.15, 0.2) is 32.5 Å². The fraction of sp³-hybridized carbons (Fsp3) is 0.214. The molecule has 0 radical (unpaired) electrons. The number of halogens is 2. The van der Waals surface area contributed by atoms with Gasteiger partial charge in [-0.25, -0.2) is 0 Å². The lowest BCUT2D eigenvalue weighted by atomic mass is 10.2. The van der Waals surface area contributed by atoms with Crippen LogP contribution in [0.2, 0.25) is 0 Å². The second-order valence-electron chi connectivity index (χ2n) is 4.28. The Balaban J connectivity index is 2.14. The lowest BCUT2D eigenvalue weighted by Crippen LogP contribution is -2.07. The van der Waals surface area contributed by atoms with E-state index in [4.69, 9.17) is 4.74 Å². The predicted molar refractivity (Wildman–Crippen MR) is 94.3 cm³/mol. The number of methoxy groups -OCH3 is 1. The molecule has 0 saturated carbocycles. The van der Waals surface area contributed by atoms with E-state index in [0.29, 0.717) is 6.54 Å². The molecule has 1 aromatic heterocycles. The minimum atomic E-state index is -0.0998. The van der Waals surface area contributed by atoms with Gasteiger partial charge in [0, 0.05) is 28.5 Å². The lowest BCUT2D eigenvalue weighted by Gasteiger charge is -2.12. The fourth-order valence-corrected chi connectivity index (χ4v) is 3.90. The molecule has 2 aromatic rings. The third-order valence-corrected chi connectivity index (χ3v) is 5.93. The van der Waals surface area contributed by atoms with Crippen LogP contribution in [0.4, 0.5) is 11.4 Å². The number of carbonyl (C=O) groups is 1. The van der Waals surface area contributed by atoms with Gasteiger partial charge in [-0.2, -0.15) is 0 Å². The average molecular weight is 434 g/mol. The average Bonchev–Trinajstić information content (AvgIpc) is 2.75. The zero-order valence-electron chi connectivity index (χ0n) is 11.5. The van der Waals surface area contributed by atoms with Crippen LogP contribution < -0.4 is 15.4 Å². The van der Waals surface area contributed by atoms with Crippen LogP contribution in [0, 0.1) is 0 Å². The highest BCUT2D eigenvalue weighted by Crippen LogP contribution is 2.34.